The minimum Gasteiger partial charge on any atom is -0.443 e. The molecule has 0 radical (unpaired) electrons. The summed E-state index contributed by atoms with van der Waals surface area (Å²) in [5.74, 6) is 1.44. The summed E-state index contributed by atoms with van der Waals surface area (Å²) in [7, 11) is 0. The van der Waals surface area contributed by atoms with Crippen LogP contribution in [0.3, 0.4) is 0 Å². The fraction of sp³-hybridized carbons (Fsp3) is 0.391. The predicted molar refractivity (Wildman–Crippen MR) is 138 cm³/mol. The minimum atomic E-state index is 0. The number of halogens is 1. The second kappa shape index (κ2) is 12.2. The molecule has 2 N–H and O–H groups in total. The number of aromatic nitrogens is 1. The Hall–Kier alpha value is -1.91. The Labute approximate surface area is 205 Å². The van der Waals surface area contributed by atoms with Gasteiger partial charge in [0, 0.05) is 13.1 Å². The number of likely N-dealkylation sites (tertiary alicyclic amines) is 1. The van der Waals surface area contributed by atoms with E-state index in [-0.39, 0.29) is 24.0 Å². The maximum absolute atomic E-state index is 5.58. The highest BCUT2D eigenvalue weighted by molar-refractivity contribution is 14.0. The monoisotopic (exact) mass is 551 g/mol. The van der Waals surface area contributed by atoms with Crippen LogP contribution >= 0.6 is 35.3 Å². The second-order valence-corrected chi connectivity index (χ2v) is 8.42. The number of benzene rings is 1. The van der Waals surface area contributed by atoms with E-state index in [1.165, 1.54) is 37.1 Å². The van der Waals surface area contributed by atoms with Gasteiger partial charge in [-0.1, -0.05) is 30.3 Å². The third-order valence-corrected chi connectivity index (χ3v) is 5.97. The van der Waals surface area contributed by atoms with Gasteiger partial charge in [0.05, 0.1) is 23.7 Å². The average molecular weight is 551 g/mol. The van der Waals surface area contributed by atoms with Crippen molar-refractivity contribution in [1.82, 2.24) is 20.5 Å². The molecule has 8 heteroatoms. The van der Waals surface area contributed by atoms with Crippen LogP contribution in [0.5, 0.6) is 0 Å². The summed E-state index contributed by atoms with van der Waals surface area (Å²) < 4.78 is 5.58. The molecular weight excluding hydrogens is 521 g/mol. The van der Waals surface area contributed by atoms with Crippen molar-refractivity contribution in [3.63, 3.8) is 0 Å². The Morgan fingerprint density at radius 3 is 2.61 bits per heavy atom. The van der Waals surface area contributed by atoms with Crippen LogP contribution < -0.4 is 10.6 Å². The zero-order chi connectivity index (χ0) is 20.6. The quantitative estimate of drug-likeness (QED) is 0.238. The topological polar surface area (TPSA) is 65.7 Å². The molecule has 0 spiro atoms. The smallest absolute Gasteiger partial charge is 0.236 e. The summed E-state index contributed by atoms with van der Waals surface area (Å²) >= 11 is 1.62. The Morgan fingerprint density at radius 1 is 1.13 bits per heavy atom. The molecule has 166 valence electrons. The fourth-order valence-electron chi connectivity index (χ4n) is 3.54. The summed E-state index contributed by atoms with van der Waals surface area (Å²) in [6.45, 7) is 7.58. The van der Waals surface area contributed by atoms with Gasteiger partial charge >= 0.3 is 0 Å². The highest BCUT2D eigenvalue weighted by Gasteiger charge is 2.11. The van der Waals surface area contributed by atoms with E-state index in [1.807, 2.05) is 17.5 Å². The van der Waals surface area contributed by atoms with Crippen molar-refractivity contribution < 1.29 is 4.42 Å². The molecule has 0 bridgehead atoms. The summed E-state index contributed by atoms with van der Waals surface area (Å²) in [6, 6.07) is 12.8. The van der Waals surface area contributed by atoms with Crippen LogP contribution in [-0.4, -0.2) is 35.5 Å². The second-order valence-electron chi connectivity index (χ2n) is 7.47. The van der Waals surface area contributed by atoms with Gasteiger partial charge in [-0.25, -0.2) is 9.98 Å². The van der Waals surface area contributed by atoms with E-state index in [1.54, 1.807) is 17.6 Å². The number of oxazole rings is 1. The highest BCUT2D eigenvalue weighted by Crippen LogP contribution is 2.23. The molecule has 0 amide bonds. The Balaban J connectivity index is 0.00000272. The summed E-state index contributed by atoms with van der Waals surface area (Å²) in [5.41, 5.74) is 3.44. The van der Waals surface area contributed by atoms with Crippen molar-refractivity contribution in [1.29, 1.82) is 0 Å². The lowest BCUT2D eigenvalue weighted by Gasteiger charge is -2.14. The maximum Gasteiger partial charge on any atom is 0.236 e. The maximum atomic E-state index is 5.58. The van der Waals surface area contributed by atoms with Crippen LogP contribution in [0.15, 0.2) is 57.5 Å². The van der Waals surface area contributed by atoms with Gasteiger partial charge in [0.15, 0.2) is 5.96 Å². The van der Waals surface area contributed by atoms with Gasteiger partial charge in [-0.2, -0.15) is 0 Å². The lowest BCUT2D eigenvalue weighted by atomic mass is 10.1. The fourth-order valence-corrected chi connectivity index (χ4v) is 4.19. The highest BCUT2D eigenvalue weighted by atomic mass is 127. The van der Waals surface area contributed by atoms with Crippen LogP contribution in [0, 0.1) is 0 Å². The first kappa shape index (κ1) is 23.7. The number of nitrogens with one attached hydrogen (secondary N) is 2. The number of nitrogens with zero attached hydrogens (tertiary/aromatic N) is 3. The summed E-state index contributed by atoms with van der Waals surface area (Å²) in [6.07, 6.45) is 4.36. The third-order valence-electron chi connectivity index (χ3n) is 5.11. The van der Waals surface area contributed by atoms with Crippen molar-refractivity contribution in [2.24, 2.45) is 4.99 Å². The molecule has 0 aliphatic carbocycles. The average Bonchev–Trinajstić information content (AvgIpc) is 3.54. The Kier molecular flexibility index (Phi) is 9.35. The van der Waals surface area contributed by atoms with Crippen LogP contribution in [0.2, 0.25) is 0 Å². The number of aliphatic imine (C=N–C) groups is 1. The normalized spacial score (nSPS) is 14.4. The molecule has 1 aromatic carbocycles. The molecule has 0 saturated carbocycles. The molecule has 1 fully saturated rings. The summed E-state index contributed by atoms with van der Waals surface area (Å²) in [4.78, 5) is 12.8. The van der Waals surface area contributed by atoms with Crippen LogP contribution in [0.25, 0.3) is 10.8 Å². The van der Waals surface area contributed by atoms with E-state index >= 15 is 0 Å². The van der Waals surface area contributed by atoms with Gasteiger partial charge in [0.1, 0.15) is 6.26 Å². The summed E-state index contributed by atoms with van der Waals surface area (Å²) in [5, 5.41) is 8.65. The van der Waals surface area contributed by atoms with Crippen molar-refractivity contribution in [3.8, 4) is 10.8 Å². The first-order valence-electron chi connectivity index (χ1n) is 10.6. The lowest BCUT2D eigenvalue weighted by Crippen LogP contribution is -2.36. The van der Waals surface area contributed by atoms with Crippen LogP contribution in [0.4, 0.5) is 0 Å². The van der Waals surface area contributed by atoms with E-state index < -0.39 is 0 Å². The Morgan fingerprint density at radius 2 is 1.90 bits per heavy atom. The third kappa shape index (κ3) is 7.05. The van der Waals surface area contributed by atoms with Gasteiger partial charge in [-0.15, -0.1) is 35.3 Å². The van der Waals surface area contributed by atoms with Gasteiger partial charge < -0.3 is 15.1 Å². The number of hydrogen-bond acceptors (Lipinski definition) is 5. The number of guanidine groups is 1. The van der Waals surface area contributed by atoms with Crippen LogP contribution in [-0.2, 0) is 19.6 Å². The molecule has 6 nitrogen and oxygen atoms in total. The molecule has 2 aromatic heterocycles. The molecule has 1 saturated heterocycles. The van der Waals surface area contributed by atoms with E-state index in [0.717, 1.165) is 29.6 Å². The molecule has 0 unspecified atom stereocenters. The van der Waals surface area contributed by atoms with E-state index in [4.69, 9.17) is 9.41 Å². The molecular formula is C23H30IN5OS. The molecule has 0 atom stereocenters. The van der Waals surface area contributed by atoms with Crippen molar-refractivity contribution in [2.45, 2.75) is 39.4 Å². The minimum absolute atomic E-state index is 0. The number of thiophene rings is 1. The molecule has 1 aliphatic rings. The molecule has 3 heterocycles. The zero-order valence-electron chi connectivity index (χ0n) is 17.8. The largest absolute Gasteiger partial charge is 0.443 e. The standard InChI is InChI=1S/C23H29N5OS.HI/c1-2-24-23(26-15-20-17-29-22(27-20)21-6-5-13-30-21)25-14-18-7-9-19(10-8-18)16-28-11-3-4-12-28;/h5-10,13,17H,2-4,11-12,14-16H2,1H3,(H2,24,25,26);1H. The van der Waals surface area contributed by atoms with Gasteiger partial charge in [-0.05, 0) is 55.4 Å². The van der Waals surface area contributed by atoms with E-state index in [0.29, 0.717) is 19.0 Å². The molecule has 3 aromatic rings. The lowest BCUT2D eigenvalue weighted by molar-refractivity contribution is 0.331. The Bertz CT molecular complexity index is 933. The van der Waals surface area contributed by atoms with Gasteiger partial charge in [0.25, 0.3) is 0 Å². The van der Waals surface area contributed by atoms with Gasteiger partial charge in [0.2, 0.25) is 5.89 Å². The molecule has 31 heavy (non-hydrogen) atoms. The van der Waals surface area contributed by atoms with E-state index in [2.05, 4.69) is 51.7 Å². The first-order chi connectivity index (χ1) is 14.8. The molecule has 1 aliphatic heterocycles. The van der Waals surface area contributed by atoms with Crippen molar-refractivity contribution in [3.05, 3.63) is 64.9 Å². The SMILES string of the molecule is CCNC(=NCc1ccc(CN2CCCC2)cc1)NCc1coc(-c2cccs2)n1.I. The molecule has 4 rings (SSSR count). The van der Waals surface area contributed by atoms with Crippen LogP contribution in [0.1, 0.15) is 36.6 Å². The zero-order valence-corrected chi connectivity index (χ0v) is 21.0. The first-order valence-corrected chi connectivity index (χ1v) is 11.5. The van der Waals surface area contributed by atoms with E-state index in [9.17, 15) is 0 Å². The number of hydrogen-bond donors (Lipinski definition) is 2. The van der Waals surface area contributed by atoms with Crippen molar-refractivity contribution in [2.75, 3.05) is 19.6 Å². The number of rotatable bonds is 8. The van der Waals surface area contributed by atoms with Gasteiger partial charge in [-0.3, -0.25) is 4.90 Å². The predicted octanol–water partition coefficient (Wildman–Crippen LogP) is 4.87. The van der Waals surface area contributed by atoms with Crippen molar-refractivity contribution >= 4 is 41.3 Å².